The van der Waals surface area contributed by atoms with Crippen LogP contribution < -0.4 is 4.74 Å². The van der Waals surface area contributed by atoms with Gasteiger partial charge in [-0.1, -0.05) is 13.3 Å². The molecule has 2 unspecified atom stereocenters. The van der Waals surface area contributed by atoms with Gasteiger partial charge in [0.25, 0.3) is 0 Å². The quantitative estimate of drug-likeness (QED) is 0.742. The molecule has 0 radical (unpaired) electrons. The van der Waals surface area contributed by atoms with E-state index in [2.05, 4.69) is 6.92 Å². The van der Waals surface area contributed by atoms with E-state index in [-0.39, 0.29) is 6.10 Å². The van der Waals surface area contributed by atoms with Gasteiger partial charge in [-0.15, -0.1) is 0 Å². The number of benzene rings is 1. The average Bonchev–Trinajstić information content (AvgIpc) is 2.24. The van der Waals surface area contributed by atoms with Gasteiger partial charge < -0.3 is 4.74 Å². The first-order chi connectivity index (χ1) is 7.65. The fourth-order valence-electron chi connectivity index (χ4n) is 2.23. The highest BCUT2D eigenvalue weighted by atomic mass is 19.2. The molecule has 0 spiro atoms. The summed E-state index contributed by atoms with van der Waals surface area (Å²) in [6.45, 7) is 2.20. The second kappa shape index (κ2) is 4.81. The maximum absolute atomic E-state index is 13.0. The van der Waals surface area contributed by atoms with Gasteiger partial charge in [0.2, 0.25) is 0 Å². The normalized spacial score (nSPS) is 25.4. The monoisotopic (exact) mass is 226 g/mol. The molecule has 1 aromatic rings. The Hall–Kier alpha value is -1.12. The van der Waals surface area contributed by atoms with E-state index in [0.717, 1.165) is 31.4 Å². The summed E-state index contributed by atoms with van der Waals surface area (Å²) in [7, 11) is 0. The van der Waals surface area contributed by atoms with E-state index in [1.54, 1.807) is 0 Å². The highest BCUT2D eigenvalue weighted by molar-refractivity contribution is 5.23. The van der Waals surface area contributed by atoms with Gasteiger partial charge in [0, 0.05) is 6.07 Å². The summed E-state index contributed by atoms with van der Waals surface area (Å²) in [5, 5.41) is 0. The maximum atomic E-state index is 13.0. The van der Waals surface area contributed by atoms with E-state index >= 15 is 0 Å². The Morgan fingerprint density at radius 1 is 1.19 bits per heavy atom. The van der Waals surface area contributed by atoms with E-state index < -0.39 is 11.6 Å². The second-order valence-electron chi connectivity index (χ2n) is 4.59. The molecule has 0 aliphatic heterocycles. The molecule has 3 heteroatoms. The maximum Gasteiger partial charge on any atom is 0.162 e. The molecule has 1 nitrogen and oxygen atoms in total. The van der Waals surface area contributed by atoms with Gasteiger partial charge in [-0.25, -0.2) is 8.78 Å². The first-order valence-corrected chi connectivity index (χ1v) is 5.77. The molecule has 2 atom stereocenters. The molecule has 1 aliphatic carbocycles. The van der Waals surface area contributed by atoms with Crippen LogP contribution in [0.2, 0.25) is 0 Å². The van der Waals surface area contributed by atoms with Crippen molar-refractivity contribution < 1.29 is 13.5 Å². The molecule has 2 rings (SSSR count). The van der Waals surface area contributed by atoms with Crippen molar-refractivity contribution in [3.8, 4) is 5.75 Å². The lowest BCUT2D eigenvalue weighted by Crippen LogP contribution is -2.24. The summed E-state index contributed by atoms with van der Waals surface area (Å²) in [5.74, 6) is -0.590. The van der Waals surface area contributed by atoms with Crippen LogP contribution in [0.5, 0.6) is 5.75 Å². The molecule has 1 aromatic carbocycles. The van der Waals surface area contributed by atoms with Gasteiger partial charge in [-0.05, 0) is 37.3 Å². The fraction of sp³-hybridized carbons (Fsp3) is 0.538. The first kappa shape index (κ1) is 11.4. The Morgan fingerprint density at radius 2 is 2.00 bits per heavy atom. The summed E-state index contributed by atoms with van der Waals surface area (Å²) < 4.78 is 31.3. The fourth-order valence-corrected chi connectivity index (χ4v) is 2.23. The number of hydrogen-bond donors (Lipinski definition) is 0. The minimum absolute atomic E-state index is 0.147. The second-order valence-corrected chi connectivity index (χ2v) is 4.59. The molecule has 16 heavy (non-hydrogen) atoms. The van der Waals surface area contributed by atoms with Crippen molar-refractivity contribution in [3.63, 3.8) is 0 Å². The number of ether oxygens (including phenoxy) is 1. The van der Waals surface area contributed by atoms with Gasteiger partial charge in [0.05, 0.1) is 6.10 Å². The SMILES string of the molecule is CC1CCCC(Oc2ccc(F)c(F)c2)C1. The predicted octanol–water partition coefficient (Wildman–Crippen LogP) is 3.92. The Kier molecular flexibility index (Phi) is 3.42. The zero-order valence-electron chi connectivity index (χ0n) is 9.38. The summed E-state index contributed by atoms with van der Waals surface area (Å²) in [6.07, 6.45) is 4.53. The molecule has 1 fully saturated rings. The zero-order valence-corrected chi connectivity index (χ0v) is 9.38. The van der Waals surface area contributed by atoms with Crippen molar-refractivity contribution in [2.75, 3.05) is 0 Å². The number of halogens is 2. The van der Waals surface area contributed by atoms with Crippen LogP contribution in [0.4, 0.5) is 8.78 Å². The third kappa shape index (κ3) is 2.71. The largest absolute Gasteiger partial charge is 0.490 e. The van der Waals surface area contributed by atoms with Crippen LogP contribution >= 0.6 is 0 Å². The van der Waals surface area contributed by atoms with Crippen molar-refractivity contribution in [1.82, 2.24) is 0 Å². The molecule has 88 valence electrons. The Balaban J connectivity index is 2.00. The minimum Gasteiger partial charge on any atom is -0.490 e. The topological polar surface area (TPSA) is 9.23 Å². The smallest absolute Gasteiger partial charge is 0.162 e. The van der Waals surface area contributed by atoms with Crippen LogP contribution in [-0.2, 0) is 0 Å². The van der Waals surface area contributed by atoms with Gasteiger partial charge in [0.1, 0.15) is 5.75 Å². The summed E-state index contributed by atoms with van der Waals surface area (Å²) in [5.41, 5.74) is 0. The molecule has 0 saturated heterocycles. The number of rotatable bonds is 2. The van der Waals surface area contributed by atoms with Crippen LogP contribution in [0.25, 0.3) is 0 Å². The van der Waals surface area contributed by atoms with Gasteiger partial charge in [-0.3, -0.25) is 0 Å². The third-order valence-electron chi connectivity index (χ3n) is 3.08. The summed E-state index contributed by atoms with van der Waals surface area (Å²) >= 11 is 0. The zero-order chi connectivity index (χ0) is 11.5. The van der Waals surface area contributed by atoms with Crippen LogP contribution in [0.1, 0.15) is 32.6 Å². The van der Waals surface area contributed by atoms with Crippen molar-refractivity contribution in [2.45, 2.75) is 38.7 Å². The lowest BCUT2D eigenvalue weighted by molar-refractivity contribution is 0.128. The number of hydrogen-bond acceptors (Lipinski definition) is 1. The molecular formula is C13H16F2O. The molecule has 1 aliphatic rings. The Morgan fingerprint density at radius 3 is 2.69 bits per heavy atom. The van der Waals surface area contributed by atoms with Crippen LogP contribution in [-0.4, -0.2) is 6.10 Å². The van der Waals surface area contributed by atoms with Crippen molar-refractivity contribution >= 4 is 0 Å². The molecule has 1 saturated carbocycles. The van der Waals surface area contributed by atoms with Gasteiger partial charge >= 0.3 is 0 Å². The standard InChI is InChI=1S/C13H16F2O/c1-9-3-2-4-10(7-9)16-11-5-6-12(14)13(15)8-11/h5-6,8-10H,2-4,7H2,1H3. The van der Waals surface area contributed by atoms with Crippen molar-refractivity contribution in [2.24, 2.45) is 5.92 Å². The van der Waals surface area contributed by atoms with Crippen molar-refractivity contribution in [1.29, 1.82) is 0 Å². The lowest BCUT2D eigenvalue weighted by atomic mass is 9.89. The van der Waals surface area contributed by atoms with Crippen LogP contribution in [0.15, 0.2) is 18.2 Å². The van der Waals surface area contributed by atoms with Gasteiger partial charge in [0.15, 0.2) is 11.6 Å². The molecular weight excluding hydrogens is 210 g/mol. The van der Waals surface area contributed by atoms with E-state index in [1.165, 1.54) is 12.5 Å². The van der Waals surface area contributed by atoms with Crippen LogP contribution in [0, 0.1) is 17.6 Å². The van der Waals surface area contributed by atoms with E-state index in [1.807, 2.05) is 0 Å². The van der Waals surface area contributed by atoms with Gasteiger partial charge in [-0.2, -0.15) is 0 Å². The summed E-state index contributed by atoms with van der Waals surface area (Å²) in [6, 6.07) is 3.71. The summed E-state index contributed by atoms with van der Waals surface area (Å²) in [4.78, 5) is 0. The highest BCUT2D eigenvalue weighted by Gasteiger charge is 2.20. The molecule has 0 heterocycles. The van der Waals surface area contributed by atoms with E-state index in [4.69, 9.17) is 4.74 Å². The van der Waals surface area contributed by atoms with Crippen LogP contribution in [0.3, 0.4) is 0 Å². The third-order valence-corrected chi connectivity index (χ3v) is 3.08. The van der Waals surface area contributed by atoms with E-state index in [0.29, 0.717) is 11.7 Å². The highest BCUT2D eigenvalue weighted by Crippen LogP contribution is 2.27. The lowest BCUT2D eigenvalue weighted by Gasteiger charge is -2.27. The van der Waals surface area contributed by atoms with Crippen molar-refractivity contribution in [3.05, 3.63) is 29.8 Å². The predicted molar refractivity (Wildman–Crippen MR) is 58.4 cm³/mol. The first-order valence-electron chi connectivity index (χ1n) is 5.77. The minimum atomic E-state index is -0.846. The molecule has 0 amide bonds. The molecule has 0 aromatic heterocycles. The Bertz CT molecular complexity index is 365. The molecule has 0 bridgehead atoms. The molecule has 0 N–H and O–H groups in total. The Labute approximate surface area is 94.4 Å². The average molecular weight is 226 g/mol. The van der Waals surface area contributed by atoms with E-state index in [9.17, 15) is 8.78 Å².